The maximum absolute atomic E-state index is 11.9. The molecule has 2 atom stereocenters. The van der Waals surface area contributed by atoms with Gasteiger partial charge in [-0.1, -0.05) is 6.07 Å². The number of nitrogens with one attached hydrogen (secondary N) is 2. The fourth-order valence-electron chi connectivity index (χ4n) is 4.12. The number of thiocarbonyl (C=S) groups is 1. The number of nitrogens with zero attached hydrogens (tertiary/aromatic N) is 3. The number of amides is 1. The van der Waals surface area contributed by atoms with Crippen LogP contribution in [-0.4, -0.2) is 34.3 Å². The molecule has 0 radical (unpaired) electrons. The summed E-state index contributed by atoms with van der Waals surface area (Å²) in [5, 5.41) is 7.01. The molecular weight excluding hydrogens is 422 g/mol. The summed E-state index contributed by atoms with van der Waals surface area (Å²) in [6, 6.07) is 15.9. The topological polar surface area (TPSA) is 71.4 Å². The molecule has 3 heterocycles. The van der Waals surface area contributed by atoms with Crippen LogP contribution in [0.15, 0.2) is 54.7 Å². The quantitative estimate of drug-likeness (QED) is 0.558. The van der Waals surface area contributed by atoms with E-state index in [0.717, 1.165) is 28.3 Å². The summed E-state index contributed by atoms with van der Waals surface area (Å²) in [5.41, 5.74) is 5.89. The molecule has 0 spiro atoms. The zero-order valence-corrected chi connectivity index (χ0v) is 19.4. The first kappa shape index (κ1) is 22.0. The molecule has 0 bridgehead atoms. The van der Waals surface area contributed by atoms with E-state index in [4.69, 9.17) is 17.0 Å². The highest BCUT2D eigenvalue weighted by Gasteiger charge is 2.42. The molecule has 0 aliphatic carbocycles. The number of pyridine rings is 1. The minimum atomic E-state index is -0.186. The van der Waals surface area contributed by atoms with Gasteiger partial charge in [0.2, 0.25) is 5.91 Å². The number of aromatic nitrogens is 2. The lowest BCUT2D eigenvalue weighted by molar-refractivity contribution is -0.119. The number of methoxy groups -OCH3 is 1. The summed E-state index contributed by atoms with van der Waals surface area (Å²) < 4.78 is 7.10. The number of hydrogen-bond donors (Lipinski definition) is 2. The number of rotatable bonds is 6. The van der Waals surface area contributed by atoms with Crippen molar-refractivity contribution in [3.05, 3.63) is 77.4 Å². The van der Waals surface area contributed by atoms with Gasteiger partial charge in [0, 0.05) is 43.1 Å². The second kappa shape index (κ2) is 9.10. The molecule has 0 unspecified atom stereocenters. The minimum Gasteiger partial charge on any atom is -0.375 e. The molecule has 1 aliphatic heterocycles. The maximum Gasteiger partial charge on any atom is 0.250 e. The van der Waals surface area contributed by atoms with Crippen molar-refractivity contribution in [3.63, 3.8) is 0 Å². The van der Waals surface area contributed by atoms with Crippen molar-refractivity contribution in [3.8, 4) is 0 Å². The molecule has 4 rings (SSSR count). The summed E-state index contributed by atoms with van der Waals surface area (Å²) in [6.45, 7) is 4.07. The van der Waals surface area contributed by atoms with Crippen LogP contribution in [0.25, 0.3) is 0 Å². The average molecular weight is 450 g/mol. The van der Waals surface area contributed by atoms with E-state index in [0.29, 0.717) is 5.11 Å². The smallest absolute Gasteiger partial charge is 0.250 e. The molecule has 7 nitrogen and oxygen atoms in total. The van der Waals surface area contributed by atoms with Gasteiger partial charge >= 0.3 is 0 Å². The van der Waals surface area contributed by atoms with Crippen LogP contribution in [0.5, 0.6) is 0 Å². The first-order valence-electron chi connectivity index (χ1n) is 10.4. The molecule has 2 N–H and O–H groups in total. The van der Waals surface area contributed by atoms with E-state index < -0.39 is 0 Å². The Kier molecular flexibility index (Phi) is 6.25. The molecule has 1 fully saturated rings. The number of carbonyl (C=O) groups excluding carboxylic acids is 1. The van der Waals surface area contributed by atoms with Crippen LogP contribution in [0.2, 0.25) is 0 Å². The summed E-state index contributed by atoms with van der Waals surface area (Å²) in [4.78, 5) is 18.7. The molecular formula is C24H27N5O2S. The zero-order chi connectivity index (χ0) is 22.8. The van der Waals surface area contributed by atoms with Gasteiger partial charge in [-0.2, -0.15) is 0 Å². The number of carbonyl (C=O) groups is 1. The standard InChI is InChI=1S/C24H27N5O2S/c1-15-13-17(9-10-18(15)26-21(30)14-31-4)29-23(20-11-8-16(2)28(20)3)22(27-24(29)32)19-7-5-6-12-25-19/h5-13,22-23H,14H2,1-4H3,(H,26,30)(H,27,32)/t22-,23-/m0/s1. The second-order valence-corrected chi connectivity index (χ2v) is 8.32. The van der Waals surface area contributed by atoms with Crippen molar-refractivity contribution < 1.29 is 9.53 Å². The molecule has 1 amide bonds. The predicted octanol–water partition coefficient (Wildman–Crippen LogP) is 3.80. The Hall–Kier alpha value is -3.23. The Morgan fingerprint density at radius 3 is 2.66 bits per heavy atom. The fourth-order valence-corrected chi connectivity index (χ4v) is 4.46. The molecule has 2 aromatic heterocycles. The average Bonchev–Trinajstić information content (AvgIpc) is 3.29. The maximum atomic E-state index is 11.9. The normalized spacial score (nSPS) is 18.0. The van der Waals surface area contributed by atoms with E-state index in [9.17, 15) is 4.79 Å². The first-order chi connectivity index (χ1) is 15.4. The number of aryl methyl sites for hydroxylation is 2. The third kappa shape index (κ3) is 4.11. The van der Waals surface area contributed by atoms with E-state index in [1.165, 1.54) is 12.8 Å². The van der Waals surface area contributed by atoms with Crippen molar-refractivity contribution in [1.29, 1.82) is 0 Å². The molecule has 3 aromatic rings. The third-order valence-corrected chi connectivity index (χ3v) is 6.17. The Balaban J connectivity index is 1.74. The molecule has 1 aromatic carbocycles. The highest BCUT2D eigenvalue weighted by molar-refractivity contribution is 7.80. The third-order valence-electron chi connectivity index (χ3n) is 5.85. The van der Waals surface area contributed by atoms with E-state index in [1.54, 1.807) is 6.20 Å². The predicted molar refractivity (Wildman–Crippen MR) is 130 cm³/mol. The van der Waals surface area contributed by atoms with Crippen molar-refractivity contribution in [1.82, 2.24) is 14.9 Å². The largest absolute Gasteiger partial charge is 0.375 e. The molecule has 0 saturated carbocycles. The van der Waals surface area contributed by atoms with Gasteiger partial charge in [-0.05, 0) is 74.1 Å². The Labute approximate surface area is 193 Å². The number of ether oxygens (including phenoxy) is 1. The fraction of sp³-hybridized carbons (Fsp3) is 0.292. The Morgan fingerprint density at radius 2 is 2.03 bits per heavy atom. The lowest BCUT2D eigenvalue weighted by atomic mass is 10.0. The van der Waals surface area contributed by atoms with Crippen molar-refractivity contribution in [2.45, 2.75) is 25.9 Å². The van der Waals surface area contributed by atoms with E-state index >= 15 is 0 Å². The highest BCUT2D eigenvalue weighted by Crippen LogP contribution is 2.42. The highest BCUT2D eigenvalue weighted by atomic mass is 32.1. The lowest BCUT2D eigenvalue weighted by Gasteiger charge is -2.29. The summed E-state index contributed by atoms with van der Waals surface area (Å²) in [6.07, 6.45) is 1.80. The molecule has 166 valence electrons. The monoisotopic (exact) mass is 449 g/mol. The van der Waals surface area contributed by atoms with Gasteiger partial charge in [-0.3, -0.25) is 9.78 Å². The summed E-state index contributed by atoms with van der Waals surface area (Å²) >= 11 is 5.80. The first-order valence-corrected chi connectivity index (χ1v) is 10.8. The van der Waals surface area contributed by atoms with Crippen molar-refractivity contribution >= 4 is 34.6 Å². The van der Waals surface area contributed by atoms with E-state index in [2.05, 4.69) is 51.2 Å². The number of hydrogen-bond acceptors (Lipinski definition) is 4. The van der Waals surface area contributed by atoms with Gasteiger partial charge in [-0.25, -0.2) is 0 Å². The minimum absolute atomic E-state index is 0.0159. The van der Waals surface area contributed by atoms with Crippen LogP contribution in [-0.2, 0) is 16.6 Å². The van der Waals surface area contributed by atoms with Gasteiger partial charge in [-0.15, -0.1) is 0 Å². The number of benzene rings is 1. The van der Waals surface area contributed by atoms with Crippen LogP contribution >= 0.6 is 12.2 Å². The summed E-state index contributed by atoms with van der Waals surface area (Å²) in [5.74, 6) is -0.186. The van der Waals surface area contributed by atoms with Gasteiger partial charge < -0.3 is 24.8 Å². The number of anilines is 2. The summed E-state index contributed by atoms with van der Waals surface area (Å²) in [7, 11) is 3.57. The van der Waals surface area contributed by atoms with Crippen LogP contribution in [0.1, 0.15) is 34.7 Å². The Morgan fingerprint density at radius 1 is 1.22 bits per heavy atom. The van der Waals surface area contributed by atoms with Crippen molar-refractivity contribution in [2.24, 2.45) is 7.05 Å². The molecule has 1 saturated heterocycles. The van der Waals surface area contributed by atoms with Gasteiger partial charge in [0.15, 0.2) is 5.11 Å². The molecule has 1 aliphatic rings. The van der Waals surface area contributed by atoms with E-state index in [-0.39, 0.29) is 24.6 Å². The van der Waals surface area contributed by atoms with Gasteiger partial charge in [0.1, 0.15) is 12.6 Å². The van der Waals surface area contributed by atoms with Crippen LogP contribution in [0.3, 0.4) is 0 Å². The SMILES string of the molecule is COCC(=O)Nc1ccc(N2C(=S)N[C@@H](c3ccccn3)[C@@H]2c2ccc(C)n2C)cc1C. The zero-order valence-electron chi connectivity index (χ0n) is 18.6. The Bertz CT molecular complexity index is 1140. The van der Waals surface area contributed by atoms with Crippen molar-refractivity contribution in [2.75, 3.05) is 23.9 Å². The lowest BCUT2D eigenvalue weighted by Crippen LogP contribution is -2.30. The second-order valence-electron chi connectivity index (χ2n) is 7.94. The van der Waals surface area contributed by atoms with Crippen LogP contribution in [0, 0.1) is 13.8 Å². The van der Waals surface area contributed by atoms with Gasteiger partial charge in [0.05, 0.1) is 11.7 Å². The molecule has 32 heavy (non-hydrogen) atoms. The van der Waals surface area contributed by atoms with E-state index in [1.807, 2.05) is 43.3 Å². The van der Waals surface area contributed by atoms with Crippen LogP contribution < -0.4 is 15.5 Å². The van der Waals surface area contributed by atoms with Crippen LogP contribution in [0.4, 0.5) is 11.4 Å². The molecule has 8 heteroatoms. The van der Waals surface area contributed by atoms with Gasteiger partial charge in [0.25, 0.3) is 0 Å².